The minimum absolute atomic E-state index is 0.00931. The molecule has 2 aliphatic carbocycles. The number of hydrogen-bond acceptors (Lipinski definition) is 21. The highest BCUT2D eigenvalue weighted by Gasteiger charge is 2.47. The van der Waals surface area contributed by atoms with E-state index in [1.165, 1.54) is 33.6 Å². The number of amides is 6. The minimum atomic E-state index is -5.26. The molecule has 3 fully saturated rings. The van der Waals surface area contributed by atoms with E-state index in [9.17, 15) is 71.3 Å². The van der Waals surface area contributed by atoms with Crippen LogP contribution in [0.1, 0.15) is 140 Å². The fourth-order valence-corrected chi connectivity index (χ4v) is 25.9. The summed E-state index contributed by atoms with van der Waals surface area (Å²) in [5.74, 6) is -1.77. The molecule has 2 saturated heterocycles. The smallest absolute Gasteiger partial charge is 0.318 e. The van der Waals surface area contributed by atoms with Crippen molar-refractivity contribution in [2.24, 2.45) is 11.8 Å². The van der Waals surface area contributed by atoms with E-state index in [2.05, 4.69) is 72.5 Å². The molecule has 0 bridgehead atoms. The van der Waals surface area contributed by atoms with E-state index in [0.717, 1.165) is 110 Å². The number of anilines is 3. The molecule has 6 amide bonds. The maximum atomic E-state index is 15.4. The van der Waals surface area contributed by atoms with Gasteiger partial charge in [-0.1, -0.05) is 131 Å². The molecule has 8 aromatic carbocycles. The van der Waals surface area contributed by atoms with Crippen LogP contribution in [0.5, 0.6) is 0 Å². The molecule has 0 spiro atoms. The van der Waals surface area contributed by atoms with Crippen LogP contribution in [-0.4, -0.2) is 208 Å². The molecular weight excluding hydrogens is 1870 g/mol. The molecule has 0 unspecified atom stereocenters. The van der Waals surface area contributed by atoms with Gasteiger partial charge in [-0.05, 0) is 166 Å². The molecule has 2 atom stereocenters. The third kappa shape index (κ3) is 20.5. The lowest BCUT2D eigenvalue weighted by Gasteiger charge is -2.32. The molecule has 1 saturated carbocycles. The van der Waals surface area contributed by atoms with Gasteiger partial charge < -0.3 is 59.5 Å². The number of unbranched alkanes of at least 4 members (excludes halogenated alkanes) is 2. The van der Waals surface area contributed by atoms with Gasteiger partial charge in [-0.25, -0.2) is 38.5 Å². The average Bonchev–Trinajstić information content (AvgIpc) is 1.54. The summed E-state index contributed by atoms with van der Waals surface area (Å²) in [7, 11) is -23.7. The number of sulfonamides is 1. The summed E-state index contributed by atoms with van der Waals surface area (Å²) >= 11 is 0. The first-order valence-electron chi connectivity index (χ1n) is 47.5. The van der Waals surface area contributed by atoms with E-state index in [1.54, 1.807) is 47.4 Å². The molecule has 7 heterocycles. The Morgan fingerprint density at radius 1 is 0.583 bits per heavy atom. The highest BCUT2D eigenvalue weighted by Crippen LogP contribution is 2.54. The van der Waals surface area contributed by atoms with E-state index >= 15 is 8.42 Å². The average molecular weight is 1990 g/mol. The van der Waals surface area contributed by atoms with Crippen LogP contribution in [0, 0.1) is 11.8 Å². The molecule has 732 valence electrons. The molecule has 7 aliphatic heterocycles. The van der Waals surface area contributed by atoms with Gasteiger partial charge in [0, 0.05) is 186 Å². The van der Waals surface area contributed by atoms with Gasteiger partial charge in [0.15, 0.2) is 22.1 Å². The van der Waals surface area contributed by atoms with Gasteiger partial charge in [0.05, 0.1) is 44.3 Å². The van der Waals surface area contributed by atoms with Gasteiger partial charge >= 0.3 is 6.03 Å². The topological polar surface area (TPSA) is 424 Å². The van der Waals surface area contributed by atoms with Crippen molar-refractivity contribution < 1.29 is 93.4 Å². The number of allylic oxidation sites excluding steroid dienone is 6. The second-order valence-electron chi connectivity index (χ2n) is 37.9. The predicted octanol–water partition coefficient (Wildman–Crippen LogP) is 12.8. The Kier molecular flexibility index (Phi) is 28.4. The number of benzene rings is 9. The summed E-state index contributed by atoms with van der Waals surface area (Å²) < 4.78 is 187. The molecular formula is C103H115N11O20S5. The Hall–Kier alpha value is -11.8. The number of carbonyl (C=O) groups excluding carboxylic acids is 5. The van der Waals surface area contributed by atoms with Crippen molar-refractivity contribution >= 4 is 147 Å². The Morgan fingerprint density at radius 3 is 2.01 bits per heavy atom. The van der Waals surface area contributed by atoms with E-state index in [-0.39, 0.29) is 107 Å². The first-order chi connectivity index (χ1) is 66.3. The molecule has 36 heteroatoms. The summed E-state index contributed by atoms with van der Waals surface area (Å²) in [6.07, 6.45) is 18.6. The number of urea groups is 1. The number of nitrogens with zero attached hydrogens (tertiary/aromatic N) is 6. The number of nitrogens with one attached hydrogen (secondary N) is 5. The number of sulfone groups is 1. The maximum absolute atomic E-state index is 15.4. The maximum Gasteiger partial charge on any atom is 0.318 e. The zero-order chi connectivity index (χ0) is 98.4. The zero-order valence-electron chi connectivity index (χ0n) is 78.4. The lowest BCUT2D eigenvalue weighted by Crippen LogP contribution is -2.57. The number of para-hydroxylation sites is 2. The molecule has 0 radical (unpaired) electrons. The summed E-state index contributed by atoms with van der Waals surface area (Å²) in [6.45, 7) is 12.9. The van der Waals surface area contributed by atoms with Gasteiger partial charge in [0.2, 0.25) is 50.4 Å². The largest absolute Gasteiger partial charge is 0.744 e. The van der Waals surface area contributed by atoms with Crippen molar-refractivity contribution in [2.45, 2.75) is 178 Å². The van der Waals surface area contributed by atoms with Crippen LogP contribution in [-0.2, 0) is 97.8 Å². The van der Waals surface area contributed by atoms with Crippen molar-refractivity contribution in [1.29, 1.82) is 0 Å². The van der Waals surface area contributed by atoms with E-state index in [1.807, 2.05) is 117 Å². The van der Waals surface area contributed by atoms with Crippen LogP contribution in [0.2, 0.25) is 0 Å². The molecule has 8 aromatic rings. The fraction of sp³-hybridized carbons (Fsp3) is 0.388. The molecule has 139 heavy (non-hydrogen) atoms. The fourth-order valence-electron chi connectivity index (χ4n) is 21.4. The molecule has 9 aliphatic rings. The van der Waals surface area contributed by atoms with Crippen LogP contribution in [0.4, 0.5) is 33.2 Å². The second-order valence-corrected chi connectivity index (χ2v) is 46.0. The van der Waals surface area contributed by atoms with E-state index < -0.39 is 112 Å². The van der Waals surface area contributed by atoms with Crippen molar-refractivity contribution in [3.8, 4) is 22.5 Å². The number of morpholine rings is 1. The highest BCUT2D eigenvalue weighted by molar-refractivity contribution is 7.91. The monoisotopic (exact) mass is 1990 g/mol. The summed E-state index contributed by atoms with van der Waals surface area (Å²) in [5, 5.41) is 16.7. The van der Waals surface area contributed by atoms with Gasteiger partial charge in [-0.2, -0.15) is 21.9 Å². The van der Waals surface area contributed by atoms with Gasteiger partial charge in [0.25, 0.3) is 10.1 Å². The SMILES string of the molecule is CC[N+]1=C(/C=C/C=C/C=C2\N(CCCCCC(=O)NCCNC(=O)[C@H](CCNC(=O)C3CCN(S(=O)(=O)c4ccccc4-c4c5ccc(=[N+]6CCc7ccccc76)cc-5oc5cc(N6CCc7ccccc76)ccc45)CC3)NC(=O)[C@H](CC3CCCCC3)NC(=O)N3CCOCC3)c3ccc4c(S(=O)(=O)O)cc(S(C)(=O)=O)cc4c3C2(C)C)C(C)(C)c2c1ccc1c(S(=O)(=O)[O-])cc(S(=O)(=O)[O-])cc21. The summed E-state index contributed by atoms with van der Waals surface area (Å²) in [6, 6.07) is 43.6. The third-order valence-corrected chi connectivity index (χ3v) is 34.0. The molecule has 17 rings (SSSR count). The quantitative estimate of drug-likeness (QED) is 0.00772. The molecule has 31 nitrogen and oxygen atoms in total. The van der Waals surface area contributed by atoms with Gasteiger partial charge in [-0.15, -0.1) is 0 Å². The van der Waals surface area contributed by atoms with Gasteiger partial charge in [0.1, 0.15) is 55.1 Å². The lowest BCUT2D eigenvalue weighted by molar-refractivity contribution is -0.433. The number of rotatable bonds is 31. The number of carbonyl (C=O) groups is 5. The van der Waals surface area contributed by atoms with Crippen molar-refractivity contribution in [3.63, 3.8) is 0 Å². The number of ether oxygens (including phenoxy) is 1. The van der Waals surface area contributed by atoms with Crippen molar-refractivity contribution in [1.82, 2.24) is 40.4 Å². The normalized spacial score (nSPS) is 18.3. The van der Waals surface area contributed by atoms with E-state index in [0.29, 0.717) is 128 Å². The summed E-state index contributed by atoms with van der Waals surface area (Å²) in [5.41, 5.74) is 9.95. The van der Waals surface area contributed by atoms with Crippen LogP contribution < -0.4 is 46.3 Å². The Morgan fingerprint density at radius 2 is 1.27 bits per heavy atom. The second kappa shape index (κ2) is 40.0. The van der Waals surface area contributed by atoms with Crippen molar-refractivity contribution in [3.05, 3.63) is 221 Å². The predicted molar refractivity (Wildman–Crippen MR) is 529 cm³/mol. The van der Waals surface area contributed by atoms with E-state index in [4.69, 9.17) is 9.15 Å². The standard InChI is InChI=1S/C103H115N11O20S5/c1-7-111-85-40-38-75-80(63-73(137(124,125)126)65-91(75)139(130,131)132)96(85)102(2,3)92(111)31-13-9-14-32-93-103(4,5)97-79-62-72(135(6,120)121)64-90(138(127,128)129)74(79)39-41-86(97)114(93)50-22-10-15-33-94(115)104-48-49-106-99(117)81(107-100(118)82(59-66-23-11-8-12-24-66)108-101(119)109-55-57-133-58-56-109)42-47-105-98(116)69-43-51-110(52-44-69)136(122,123)89-30-21-18-27-78(89)95-76-36-34-70(112-53-45-67-25-16-19-28-83(67)112)60-87(76)134-88-61-71(35-37-77(88)95)113-54-46-68-26-17-20-29-84(68)113/h9,13-14,16-21,25-32,34-41,60-66,69,81-82H,7-8,10-12,15,22-24,33,42-59H2,1-6H3,(H6-2,104,105,106,107,108,115,116,117,118,119,124,125,126,127,128,129,130,131,132)/t81-,82-/m0/s1. The van der Waals surface area contributed by atoms with Gasteiger partial charge in [-0.3, -0.25) is 23.7 Å². The number of hydrogen-bond donors (Lipinski definition) is 6. The Labute approximate surface area is 810 Å². The third-order valence-electron chi connectivity index (χ3n) is 28.4. The van der Waals surface area contributed by atoms with Crippen molar-refractivity contribution in [2.75, 3.05) is 101 Å². The minimum Gasteiger partial charge on any atom is -0.744 e. The Balaban J connectivity index is 0.558. The Bertz CT molecular complexity index is 7400. The molecule has 6 N–H and O–H groups in total. The van der Waals surface area contributed by atoms with Crippen LogP contribution >= 0.6 is 0 Å². The number of fused-ring (bicyclic) bond motifs is 10. The highest BCUT2D eigenvalue weighted by atomic mass is 32.2. The first kappa shape index (κ1) is 98.8. The van der Waals surface area contributed by atoms with Crippen LogP contribution in [0.25, 0.3) is 55.0 Å². The first-order valence-corrected chi connectivity index (χ1v) is 55.1. The summed E-state index contributed by atoms with van der Waals surface area (Å²) in [4.78, 5) is 74.7. The lowest BCUT2D eigenvalue weighted by atomic mass is 9.79. The molecule has 0 aromatic heterocycles. The zero-order valence-corrected chi connectivity index (χ0v) is 82.5. The van der Waals surface area contributed by atoms with Crippen LogP contribution in [0.15, 0.2) is 223 Å². The number of piperidine rings is 1. The van der Waals surface area contributed by atoms with Crippen LogP contribution in [0.3, 0.4) is 0 Å².